The second-order valence-corrected chi connectivity index (χ2v) is 3.69. The molecule has 0 heterocycles. The van der Waals surface area contributed by atoms with Crippen LogP contribution in [-0.2, 0) is 14.3 Å². The summed E-state index contributed by atoms with van der Waals surface area (Å²) in [6, 6.07) is -1.79. The summed E-state index contributed by atoms with van der Waals surface area (Å²) in [6.45, 7) is 0.643. The number of carbonyl (C=O) groups is 3. The van der Waals surface area contributed by atoms with Gasteiger partial charge < -0.3 is 25.2 Å². The number of amides is 2. The van der Waals surface area contributed by atoms with Crippen molar-refractivity contribution in [3.8, 4) is 0 Å². The van der Waals surface area contributed by atoms with E-state index >= 15 is 0 Å². The minimum atomic E-state index is -1.26. The smallest absolute Gasteiger partial charge is 0.326 e. The van der Waals surface area contributed by atoms with Gasteiger partial charge in [-0.15, -0.1) is 0 Å². The predicted molar refractivity (Wildman–Crippen MR) is 61.3 cm³/mol. The van der Waals surface area contributed by atoms with Crippen LogP contribution in [0.1, 0.15) is 12.8 Å². The van der Waals surface area contributed by atoms with Crippen LogP contribution in [0.5, 0.6) is 0 Å². The van der Waals surface area contributed by atoms with E-state index in [1.165, 1.54) is 19.1 Å². The summed E-state index contributed by atoms with van der Waals surface area (Å²) in [4.78, 5) is 34.0. The highest BCUT2D eigenvalue weighted by atomic mass is 16.5. The van der Waals surface area contributed by atoms with Crippen molar-refractivity contribution in [1.29, 1.82) is 0 Å². The molecule has 0 aliphatic rings. The molecule has 2 amide bonds. The molecule has 0 aromatic heterocycles. The summed E-state index contributed by atoms with van der Waals surface area (Å²) >= 11 is 0. The topological polar surface area (TPSA) is 116 Å². The highest BCUT2D eigenvalue weighted by Crippen LogP contribution is 1.99. The Morgan fingerprint density at radius 1 is 1.33 bits per heavy atom. The van der Waals surface area contributed by atoms with Crippen LogP contribution < -0.4 is 5.32 Å². The number of hydrogen-bond acceptors (Lipinski definition) is 4. The van der Waals surface area contributed by atoms with Crippen LogP contribution in [0.15, 0.2) is 0 Å². The van der Waals surface area contributed by atoms with Crippen LogP contribution in [0.25, 0.3) is 0 Å². The van der Waals surface area contributed by atoms with Crippen LogP contribution in [0, 0.1) is 0 Å². The van der Waals surface area contributed by atoms with Crippen molar-refractivity contribution in [3.05, 3.63) is 0 Å². The molecule has 0 spiro atoms. The lowest BCUT2D eigenvalue weighted by molar-refractivity contribution is -0.140. The maximum atomic E-state index is 11.6. The Bertz CT molecular complexity index is 307. The van der Waals surface area contributed by atoms with Gasteiger partial charge in [0.1, 0.15) is 6.04 Å². The second kappa shape index (κ2) is 8.29. The lowest BCUT2D eigenvalue weighted by Crippen LogP contribution is -2.47. The average Bonchev–Trinajstić information content (AvgIpc) is 2.30. The molecule has 0 rings (SSSR count). The lowest BCUT2D eigenvalue weighted by Gasteiger charge is -2.20. The van der Waals surface area contributed by atoms with E-state index in [0.29, 0.717) is 13.2 Å². The number of carbonyl (C=O) groups excluding carboxylic acids is 1. The monoisotopic (exact) mass is 262 g/mol. The van der Waals surface area contributed by atoms with E-state index in [-0.39, 0.29) is 12.8 Å². The molecule has 0 saturated heterocycles. The van der Waals surface area contributed by atoms with Crippen molar-refractivity contribution in [2.45, 2.75) is 18.9 Å². The first kappa shape index (κ1) is 16.2. The normalized spacial score (nSPS) is 11.7. The van der Waals surface area contributed by atoms with Crippen LogP contribution in [0.3, 0.4) is 0 Å². The van der Waals surface area contributed by atoms with E-state index in [2.05, 4.69) is 5.32 Å². The molecule has 0 fully saturated rings. The summed E-state index contributed by atoms with van der Waals surface area (Å²) in [6.07, 6.45) is -0.479. The maximum Gasteiger partial charge on any atom is 0.326 e. The molecule has 1 atom stereocenters. The fourth-order valence-corrected chi connectivity index (χ4v) is 1.11. The number of rotatable bonds is 8. The van der Waals surface area contributed by atoms with Gasteiger partial charge in [0.25, 0.3) is 0 Å². The van der Waals surface area contributed by atoms with Crippen molar-refractivity contribution in [2.24, 2.45) is 0 Å². The molecule has 8 heteroatoms. The molecule has 0 radical (unpaired) electrons. The van der Waals surface area contributed by atoms with Crippen molar-refractivity contribution in [3.63, 3.8) is 0 Å². The van der Waals surface area contributed by atoms with Gasteiger partial charge in [0.05, 0.1) is 6.61 Å². The standard InChI is InChI=1S/C10H18N2O6/c1-12(5-6-18-2)10(17)11-7(9(15)16)3-4-8(13)14/h7H,3-6H2,1-2H3,(H,11,17)(H,13,14)(H,15,16)/t7-/m0/s1. The summed E-state index contributed by atoms with van der Waals surface area (Å²) < 4.78 is 4.78. The van der Waals surface area contributed by atoms with Gasteiger partial charge in [-0.3, -0.25) is 4.79 Å². The van der Waals surface area contributed by atoms with E-state index in [0.717, 1.165) is 0 Å². The van der Waals surface area contributed by atoms with E-state index in [4.69, 9.17) is 14.9 Å². The summed E-state index contributed by atoms with van der Waals surface area (Å²) in [7, 11) is 2.98. The number of methoxy groups -OCH3 is 1. The SMILES string of the molecule is COCCN(C)C(=O)N[C@@H](CCC(=O)O)C(=O)O. The number of urea groups is 1. The molecule has 0 saturated carbocycles. The zero-order chi connectivity index (χ0) is 14.1. The van der Waals surface area contributed by atoms with Gasteiger partial charge in [-0.1, -0.05) is 0 Å². The van der Waals surface area contributed by atoms with Crippen molar-refractivity contribution < 1.29 is 29.3 Å². The fraction of sp³-hybridized carbons (Fsp3) is 0.700. The molecule has 0 unspecified atom stereocenters. The van der Waals surface area contributed by atoms with E-state index in [1.807, 2.05) is 0 Å². The number of nitrogens with zero attached hydrogens (tertiary/aromatic N) is 1. The quantitative estimate of drug-likeness (QED) is 0.547. The number of aliphatic carboxylic acids is 2. The first-order valence-corrected chi connectivity index (χ1v) is 5.33. The molecule has 0 aliphatic heterocycles. The largest absolute Gasteiger partial charge is 0.481 e. The zero-order valence-electron chi connectivity index (χ0n) is 10.4. The fourth-order valence-electron chi connectivity index (χ4n) is 1.11. The summed E-state index contributed by atoms with van der Waals surface area (Å²) in [5.74, 6) is -2.37. The Balaban J connectivity index is 4.26. The number of carboxylic acids is 2. The van der Waals surface area contributed by atoms with Gasteiger partial charge in [-0.2, -0.15) is 0 Å². The van der Waals surface area contributed by atoms with Crippen LogP contribution in [0.2, 0.25) is 0 Å². The molecule has 18 heavy (non-hydrogen) atoms. The van der Waals surface area contributed by atoms with Crippen LogP contribution >= 0.6 is 0 Å². The number of nitrogens with one attached hydrogen (secondary N) is 1. The third-order valence-corrected chi connectivity index (χ3v) is 2.22. The van der Waals surface area contributed by atoms with Crippen molar-refractivity contribution >= 4 is 18.0 Å². The molecule has 0 bridgehead atoms. The Morgan fingerprint density at radius 2 is 1.94 bits per heavy atom. The highest BCUT2D eigenvalue weighted by Gasteiger charge is 2.22. The molecule has 0 aliphatic carbocycles. The van der Waals surface area contributed by atoms with Gasteiger partial charge >= 0.3 is 18.0 Å². The number of ether oxygens (including phenoxy) is 1. The minimum Gasteiger partial charge on any atom is -0.481 e. The van der Waals surface area contributed by atoms with E-state index < -0.39 is 24.0 Å². The van der Waals surface area contributed by atoms with Gasteiger partial charge in [-0.05, 0) is 6.42 Å². The second-order valence-electron chi connectivity index (χ2n) is 3.69. The minimum absolute atomic E-state index is 0.158. The van der Waals surface area contributed by atoms with E-state index in [1.54, 1.807) is 0 Å². The van der Waals surface area contributed by atoms with Gasteiger partial charge in [-0.25, -0.2) is 9.59 Å². The van der Waals surface area contributed by atoms with Gasteiger partial charge in [0.2, 0.25) is 0 Å². The molecular formula is C10H18N2O6. The maximum absolute atomic E-state index is 11.6. The highest BCUT2D eigenvalue weighted by molar-refractivity contribution is 5.82. The number of hydrogen-bond donors (Lipinski definition) is 3. The average molecular weight is 262 g/mol. The van der Waals surface area contributed by atoms with Crippen LogP contribution in [0.4, 0.5) is 4.79 Å². The predicted octanol–water partition coefficient (Wildman–Crippen LogP) is -0.408. The summed E-state index contributed by atoms with van der Waals surface area (Å²) in [5, 5.41) is 19.6. The third-order valence-electron chi connectivity index (χ3n) is 2.22. The van der Waals surface area contributed by atoms with Crippen LogP contribution in [-0.4, -0.2) is 66.4 Å². The molecule has 8 nitrogen and oxygen atoms in total. The zero-order valence-corrected chi connectivity index (χ0v) is 10.4. The Labute approximate surface area is 105 Å². The molecule has 0 aromatic carbocycles. The molecule has 3 N–H and O–H groups in total. The third kappa shape index (κ3) is 6.69. The van der Waals surface area contributed by atoms with Gasteiger partial charge in [0, 0.05) is 27.1 Å². The Kier molecular flexibility index (Phi) is 7.45. The summed E-state index contributed by atoms with van der Waals surface area (Å²) in [5.41, 5.74) is 0. The number of likely N-dealkylation sites (N-methyl/N-ethyl adjacent to an activating group) is 1. The van der Waals surface area contributed by atoms with Crippen molar-refractivity contribution in [1.82, 2.24) is 10.2 Å². The van der Waals surface area contributed by atoms with E-state index in [9.17, 15) is 14.4 Å². The first-order valence-electron chi connectivity index (χ1n) is 5.33. The van der Waals surface area contributed by atoms with Gasteiger partial charge in [0.15, 0.2) is 0 Å². The first-order chi connectivity index (χ1) is 8.38. The molecular weight excluding hydrogens is 244 g/mol. The number of carboxylic acid groups (broad SMARTS) is 2. The Morgan fingerprint density at radius 3 is 2.39 bits per heavy atom. The lowest BCUT2D eigenvalue weighted by atomic mass is 10.1. The van der Waals surface area contributed by atoms with Crippen molar-refractivity contribution in [2.75, 3.05) is 27.3 Å². The molecule has 0 aromatic rings. The molecule has 104 valence electrons. The Hall–Kier alpha value is -1.83.